The van der Waals surface area contributed by atoms with E-state index in [0.717, 1.165) is 19.3 Å². The van der Waals surface area contributed by atoms with Gasteiger partial charge >= 0.3 is 6.18 Å². The molecule has 0 bridgehead atoms. The Morgan fingerprint density at radius 3 is 2.52 bits per heavy atom. The minimum Gasteiger partial charge on any atom is -0.354 e. The van der Waals surface area contributed by atoms with E-state index in [-0.39, 0.29) is 28.1 Å². The van der Waals surface area contributed by atoms with Crippen LogP contribution in [0, 0.1) is 12.3 Å². The van der Waals surface area contributed by atoms with E-state index in [0.29, 0.717) is 13.1 Å². The minimum atomic E-state index is -4.69. The number of nitrogens with zero attached hydrogens (tertiary/aromatic N) is 3. The lowest BCUT2D eigenvalue weighted by atomic mass is 9.85. The zero-order valence-electron chi connectivity index (χ0n) is 15.9. The molecule has 0 radical (unpaired) electrons. The Balaban J connectivity index is 2.53. The van der Waals surface area contributed by atoms with Crippen molar-refractivity contribution in [3.8, 4) is 0 Å². The van der Waals surface area contributed by atoms with Crippen LogP contribution in [0.2, 0.25) is 0 Å². The fourth-order valence-corrected chi connectivity index (χ4v) is 3.17. The molecule has 1 amide bonds. The van der Waals surface area contributed by atoms with Gasteiger partial charge in [0.25, 0.3) is 5.91 Å². The van der Waals surface area contributed by atoms with Crippen LogP contribution in [0.1, 0.15) is 54.7 Å². The lowest BCUT2D eigenvalue weighted by molar-refractivity contribution is -0.142. The normalized spacial score (nSPS) is 17.2. The number of hydrogen-bond acceptors (Lipinski definition) is 4. The number of nitrogens with one attached hydrogen (secondary N) is 1. The van der Waals surface area contributed by atoms with E-state index in [4.69, 9.17) is 0 Å². The van der Waals surface area contributed by atoms with Crippen LogP contribution in [0.3, 0.4) is 0 Å². The summed E-state index contributed by atoms with van der Waals surface area (Å²) in [4.78, 5) is 14.6. The van der Waals surface area contributed by atoms with Crippen molar-refractivity contribution in [2.24, 2.45) is 5.41 Å². The molecule has 1 fully saturated rings. The Bertz CT molecular complexity index is 756. The van der Waals surface area contributed by atoms with Crippen LogP contribution in [0.25, 0.3) is 0 Å². The van der Waals surface area contributed by atoms with E-state index in [9.17, 15) is 18.0 Å². The predicted molar refractivity (Wildman–Crippen MR) is 98.4 cm³/mol. The number of anilines is 1. The summed E-state index contributed by atoms with van der Waals surface area (Å²) in [6.45, 7) is 13.8. The van der Waals surface area contributed by atoms with Gasteiger partial charge in [0.05, 0.1) is 5.56 Å². The van der Waals surface area contributed by atoms with Crippen molar-refractivity contribution in [2.45, 2.75) is 46.2 Å². The molecule has 5 nitrogen and oxygen atoms in total. The molecule has 0 aliphatic carbocycles. The van der Waals surface area contributed by atoms with Crippen molar-refractivity contribution >= 4 is 11.7 Å². The molecule has 27 heavy (non-hydrogen) atoms. The molecule has 148 valence electrons. The van der Waals surface area contributed by atoms with Gasteiger partial charge in [-0.15, -0.1) is 10.2 Å². The lowest BCUT2D eigenvalue weighted by Gasteiger charge is -2.26. The SMILES string of the molecule is C=CC(=C)NC(=O)c1c(N2CCCC(C)(C)CC2)nnc(C(F)(F)F)c1C. The highest BCUT2D eigenvalue weighted by Crippen LogP contribution is 2.36. The summed E-state index contributed by atoms with van der Waals surface area (Å²) < 4.78 is 39.8. The summed E-state index contributed by atoms with van der Waals surface area (Å²) in [6.07, 6.45) is -0.683. The molecule has 1 aliphatic heterocycles. The van der Waals surface area contributed by atoms with Gasteiger partial charge in [-0.05, 0) is 43.2 Å². The molecule has 2 rings (SSSR count). The standard InChI is InChI=1S/C19H25F3N4O/c1-6-12(2)23-17(27)14-13(3)15(19(20,21)22)24-25-16(14)26-10-7-8-18(4,5)9-11-26/h6H,1-2,7-11H2,3-5H3,(H,23,27). The van der Waals surface area contributed by atoms with Crippen LogP contribution in [0.15, 0.2) is 24.9 Å². The summed E-state index contributed by atoms with van der Waals surface area (Å²) in [6, 6.07) is 0. The number of aromatic nitrogens is 2. The van der Waals surface area contributed by atoms with Crippen LogP contribution in [-0.2, 0) is 6.18 Å². The van der Waals surface area contributed by atoms with E-state index in [2.05, 4.69) is 42.5 Å². The van der Waals surface area contributed by atoms with E-state index >= 15 is 0 Å². The maximum absolute atomic E-state index is 13.3. The van der Waals surface area contributed by atoms with Crippen LogP contribution in [0.5, 0.6) is 0 Å². The summed E-state index contributed by atoms with van der Waals surface area (Å²) >= 11 is 0. The van der Waals surface area contributed by atoms with Crippen molar-refractivity contribution in [3.63, 3.8) is 0 Å². The van der Waals surface area contributed by atoms with E-state index < -0.39 is 17.8 Å². The van der Waals surface area contributed by atoms with Crippen molar-refractivity contribution in [3.05, 3.63) is 41.8 Å². The predicted octanol–water partition coefficient (Wildman–Crippen LogP) is 4.25. The molecule has 1 aromatic heterocycles. The average molecular weight is 382 g/mol. The number of halogens is 3. The van der Waals surface area contributed by atoms with Gasteiger partial charge in [-0.1, -0.05) is 27.0 Å². The van der Waals surface area contributed by atoms with Gasteiger partial charge in [-0.2, -0.15) is 13.2 Å². The van der Waals surface area contributed by atoms with Crippen LogP contribution < -0.4 is 10.2 Å². The number of allylic oxidation sites excluding steroid dienone is 1. The molecular weight excluding hydrogens is 357 g/mol. The highest BCUT2D eigenvalue weighted by Gasteiger charge is 2.38. The van der Waals surface area contributed by atoms with Crippen molar-refractivity contribution in [1.29, 1.82) is 0 Å². The maximum atomic E-state index is 13.3. The molecule has 2 heterocycles. The summed E-state index contributed by atoms with van der Waals surface area (Å²) in [7, 11) is 0. The number of rotatable bonds is 4. The molecule has 0 saturated carbocycles. The third-order valence-corrected chi connectivity index (χ3v) is 4.85. The molecule has 1 aromatic rings. The summed E-state index contributed by atoms with van der Waals surface area (Å²) in [5.74, 6) is -0.524. The molecule has 0 unspecified atom stereocenters. The average Bonchev–Trinajstić information content (AvgIpc) is 2.73. The Kier molecular flexibility index (Phi) is 5.97. The van der Waals surface area contributed by atoms with Gasteiger partial charge < -0.3 is 10.2 Å². The van der Waals surface area contributed by atoms with E-state index in [1.165, 1.54) is 13.0 Å². The highest BCUT2D eigenvalue weighted by atomic mass is 19.4. The Labute approximate surface area is 157 Å². The molecule has 8 heteroatoms. The first-order valence-corrected chi connectivity index (χ1v) is 8.78. The third-order valence-electron chi connectivity index (χ3n) is 4.85. The van der Waals surface area contributed by atoms with Crippen LogP contribution >= 0.6 is 0 Å². The molecular formula is C19H25F3N4O. The molecule has 1 saturated heterocycles. The van der Waals surface area contributed by atoms with Gasteiger partial charge in [-0.25, -0.2) is 0 Å². The van der Waals surface area contributed by atoms with Crippen molar-refractivity contribution in [1.82, 2.24) is 15.5 Å². The Morgan fingerprint density at radius 1 is 1.26 bits per heavy atom. The Morgan fingerprint density at radius 2 is 1.93 bits per heavy atom. The quantitative estimate of drug-likeness (QED) is 0.791. The number of alkyl halides is 3. The molecule has 0 atom stereocenters. The van der Waals surface area contributed by atoms with Crippen molar-refractivity contribution < 1.29 is 18.0 Å². The molecule has 1 N–H and O–H groups in total. The van der Waals surface area contributed by atoms with Crippen LogP contribution in [0.4, 0.5) is 19.0 Å². The zero-order chi connectivity index (χ0) is 20.4. The van der Waals surface area contributed by atoms with Crippen molar-refractivity contribution in [2.75, 3.05) is 18.0 Å². The first-order valence-electron chi connectivity index (χ1n) is 8.78. The fraction of sp³-hybridized carbons (Fsp3) is 0.526. The molecule has 0 aromatic carbocycles. The first-order chi connectivity index (χ1) is 12.5. The minimum absolute atomic E-state index is 0.125. The zero-order valence-corrected chi connectivity index (χ0v) is 15.9. The third kappa shape index (κ3) is 4.87. The Hall–Kier alpha value is -2.38. The maximum Gasteiger partial charge on any atom is 0.435 e. The van der Waals surface area contributed by atoms with Gasteiger partial charge in [0.1, 0.15) is 0 Å². The number of hydrogen-bond donors (Lipinski definition) is 1. The smallest absolute Gasteiger partial charge is 0.354 e. The monoisotopic (exact) mass is 382 g/mol. The molecule has 0 spiro atoms. The molecule has 1 aliphatic rings. The van der Waals surface area contributed by atoms with Gasteiger partial charge in [-0.3, -0.25) is 4.79 Å². The first kappa shape index (κ1) is 20.9. The number of carbonyl (C=O) groups is 1. The number of carbonyl (C=O) groups excluding carboxylic acids is 1. The summed E-state index contributed by atoms with van der Waals surface area (Å²) in [5, 5.41) is 9.67. The fourth-order valence-electron chi connectivity index (χ4n) is 3.17. The highest BCUT2D eigenvalue weighted by molar-refractivity contribution is 6.01. The topological polar surface area (TPSA) is 58.1 Å². The van der Waals surface area contributed by atoms with Gasteiger partial charge in [0.15, 0.2) is 11.5 Å². The second-order valence-corrected chi connectivity index (χ2v) is 7.56. The summed E-state index contributed by atoms with van der Waals surface area (Å²) in [5.41, 5.74) is -1.20. The largest absolute Gasteiger partial charge is 0.435 e. The van der Waals surface area contributed by atoms with E-state index in [1.54, 1.807) is 0 Å². The van der Waals surface area contributed by atoms with Gasteiger partial charge in [0.2, 0.25) is 0 Å². The second-order valence-electron chi connectivity index (χ2n) is 7.56. The second kappa shape index (κ2) is 7.70. The van der Waals surface area contributed by atoms with Crippen LogP contribution in [-0.4, -0.2) is 29.2 Å². The number of amides is 1. The van der Waals surface area contributed by atoms with Gasteiger partial charge in [0, 0.05) is 18.8 Å². The van der Waals surface area contributed by atoms with E-state index in [1.807, 2.05) is 4.90 Å². The lowest BCUT2D eigenvalue weighted by Crippen LogP contribution is -2.32.